The van der Waals surface area contributed by atoms with Crippen molar-refractivity contribution in [2.75, 3.05) is 19.0 Å². The van der Waals surface area contributed by atoms with Gasteiger partial charge in [-0.15, -0.1) is 6.58 Å². The molecule has 0 saturated carbocycles. The van der Waals surface area contributed by atoms with Crippen LogP contribution in [0.3, 0.4) is 0 Å². The van der Waals surface area contributed by atoms with Gasteiger partial charge in [0.15, 0.2) is 17.7 Å². The molecule has 0 spiro atoms. The number of benzene rings is 1. The van der Waals surface area contributed by atoms with Crippen molar-refractivity contribution in [3.8, 4) is 0 Å². The first-order valence-electron chi connectivity index (χ1n) is 8.21. The van der Waals surface area contributed by atoms with Crippen molar-refractivity contribution in [3.05, 3.63) is 65.5 Å². The normalized spacial score (nSPS) is 14.1. The van der Waals surface area contributed by atoms with Crippen molar-refractivity contribution in [1.29, 1.82) is 0 Å². The standard InChI is InChI=1S/C19H22ClFN4O2/c1-5-9-19(2,12-6-7-13(20)16(15(12)21)25(3)4)18(22)27-17(26)14-8-10-23-11-24-14/h5-8,10-11,18H,1,9,22H2,2-4H3. The van der Waals surface area contributed by atoms with E-state index in [1.807, 2.05) is 0 Å². The Hall–Kier alpha value is -2.51. The number of hydrogen-bond acceptors (Lipinski definition) is 6. The highest BCUT2D eigenvalue weighted by Crippen LogP contribution is 2.39. The molecule has 0 aliphatic carbocycles. The number of esters is 1. The van der Waals surface area contributed by atoms with Crippen molar-refractivity contribution in [2.24, 2.45) is 5.73 Å². The topological polar surface area (TPSA) is 81.3 Å². The van der Waals surface area contributed by atoms with Crippen LogP contribution >= 0.6 is 11.6 Å². The molecule has 2 aromatic rings. The molecule has 0 fully saturated rings. The molecular weight excluding hydrogens is 371 g/mol. The van der Waals surface area contributed by atoms with Gasteiger partial charge in [-0.25, -0.2) is 19.2 Å². The lowest BCUT2D eigenvalue weighted by atomic mass is 9.77. The van der Waals surface area contributed by atoms with E-state index in [0.717, 1.165) is 0 Å². The molecule has 1 aromatic heterocycles. The summed E-state index contributed by atoms with van der Waals surface area (Å²) in [6, 6.07) is 4.55. The number of ether oxygens (including phenoxy) is 1. The first-order chi connectivity index (χ1) is 12.7. The second kappa shape index (κ2) is 8.45. The van der Waals surface area contributed by atoms with Gasteiger partial charge in [-0.2, -0.15) is 0 Å². The van der Waals surface area contributed by atoms with E-state index in [0.29, 0.717) is 0 Å². The Kier molecular flexibility index (Phi) is 6.51. The number of carbonyl (C=O) groups is 1. The number of halogens is 2. The van der Waals surface area contributed by atoms with Crippen molar-refractivity contribution < 1.29 is 13.9 Å². The minimum Gasteiger partial charge on any atom is -0.441 e. The number of anilines is 1. The van der Waals surface area contributed by atoms with E-state index < -0.39 is 23.4 Å². The Balaban J connectivity index is 2.44. The predicted octanol–water partition coefficient (Wildman–Crippen LogP) is 3.31. The number of carbonyl (C=O) groups excluding carboxylic acids is 1. The van der Waals surface area contributed by atoms with Crippen LogP contribution in [-0.4, -0.2) is 36.3 Å². The minimum atomic E-state index is -1.15. The van der Waals surface area contributed by atoms with Crippen LogP contribution in [0.25, 0.3) is 0 Å². The molecule has 27 heavy (non-hydrogen) atoms. The lowest BCUT2D eigenvalue weighted by Gasteiger charge is -2.35. The van der Waals surface area contributed by atoms with Crippen LogP contribution in [0.15, 0.2) is 43.4 Å². The summed E-state index contributed by atoms with van der Waals surface area (Å²) in [7, 11) is 3.38. The van der Waals surface area contributed by atoms with Crippen LogP contribution in [0.4, 0.5) is 10.1 Å². The number of nitrogens with zero attached hydrogens (tertiary/aromatic N) is 3. The molecule has 0 bridgehead atoms. The summed E-state index contributed by atoms with van der Waals surface area (Å²) in [4.78, 5) is 21.5. The average molecular weight is 393 g/mol. The molecule has 1 heterocycles. The van der Waals surface area contributed by atoms with Crippen molar-refractivity contribution in [1.82, 2.24) is 9.97 Å². The van der Waals surface area contributed by atoms with Gasteiger partial charge >= 0.3 is 5.97 Å². The molecule has 0 saturated heterocycles. The van der Waals surface area contributed by atoms with E-state index in [2.05, 4.69) is 16.5 Å². The summed E-state index contributed by atoms with van der Waals surface area (Å²) in [6.45, 7) is 5.43. The SMILES string of the molecule is C=CCC(C)(c1ccc(Cl)c(N(C)C)c1F)C(N)OC(=O)c1ccncn1. The van der Waals surface area contributed by atoms with Crippen molar-refractivity contribution in [3.63, 3.8) is 0 Å². The quantitative estimate of drug-likeness (QED) is 0.442. The van der Waals surface area contributed by atoms with Gasteiger partial charge in [0, 0.05) is 31.3 Å². The fourth-order valence-electron chi connectivity index (χ4n) is 2.79. The lowest BCUT2D eigenvalue weighted by Crippen LogP contribution is -2.47. The molecule has 0 aliphatic rings. The van der Waals surface area contributed by atoms with Crippen LogP contribution in [0, 0.1) is 5.82 Å². The van der Waals surface area contributed by atoms with Crippen molar-refractivity contribution in [2.45, 2.75) is 25.0 Å². The first kappa shape index (κ1) is 20.8. The summed E-state index contributed by atoms with van der Waals surface area (Å²) in [5.74, 6) is -1.24. The van der Waals surface area contributed by atoms with E-state index in [9.17, 15) is 4.79 Å². The Morgan fingerprint density at radius 3 is 2.74 bits per heavy atom. The monoisotopic (exact) mass is 392 g/mol. The molecule has 2 atom stereocenters. The molecular formula is C19H22ClFN4O2. The van der Waals surface area contributed by atoms with Crippen LogP contribution in [0.2, 0.25) is 5.02 Å². The van der Waals surface area contributed by atoms with E-state index >= 15 is 4.39 Å². The highest BCUT2D eigenvalue weighted by atomic mass is 35.5. The Labute approximate surface area is 162 Å². The van der Waals surface area contributed by atoms with Crippen LogP contribution in [0.1, 0.15) is 29.4 Å². The third-order valence-electron chi connectivity index (χ3n) is 4.35. The molecule has 144 valence electrons. The van der Waals surface area contributed by atoms with Crippen LogP contribution in [-0.2, 0) is 10.2 Å². The molecule has 6 nitrogen and oxygen atoms in total. The fourth-order valence-corrected chi connectivity index (χ4v) is 3.10. The van der Waals surface area contributed by atoms with Gasteiger partial charge in [0.1, 0.15) is 6.33 Å². The smallest absolute Gasteiger partial charge is 0.358 e. The number of hydrogen-bond donors (Lipinski definition) is 1. The summed E-state index contributed by atoms with van der Waals surface area (Å²) >= 11 is 6.13. The second-order valence-corrected chi connectivity index (χ2v) is 6.89. The number of nitrogens with two attached hydrogens (primary N) is 1. The lowest BCUT2D eigenvalue weighted by molar-refractivity contribution is 0.00928. The summed E-state index contributed by atoms with van der Waals surface area (Å²) in [5, 5.41) is 0.272. The van der Waals surface area contributed by atoms with E-state index in [4.69, 9.17) is 22.1 Å². The number of allylic oxidation sites excluding steroid dienone is 1. The second-order valence-electron chi connectivity index (χ2n) is 6.48. The van der Waals surface area contributed by atoms with E-state index in [-0.39, 0.29) is 28.4 Å². The molecule has 8 heteroatoms. The van der Waals surface area contributed by atoms with Crippen molar-refractivity contribution >= 4 is 23.3 Å². The summed E-state index contributed by atoms with van der Waals surface area (Å²) < 4.78 is 20.6. The summed E-state index contributed by atoms with van der Waals surface area (Å²) in [5.41, 5.74) is 5.70. The zero-order valence-corrected chi connectivity index (χ0v) is 16.2. The largest absolute Gasteiger partial charge is 0.441 e. The van der Waals surface area contributed by atoms with E-state index in [1.54, 1.807) is 44.1 Å². The van der Waals surface area contributed by atoms with Crippen LogP contribution in [0.5, 0.6) is 0 Å². The molecule has 1 aromatic carbocycles. The van der Waals surface area contributed by atoms with Crippen LogP contribution < -0.4 is 10.6 Å². The molecule has 0 amide bonds. The summed E-state index contributed by atoms with van der Waals surface area (Å²) in [6.07, 6.45) is 3.37. The van der Waals surface area contributed by atoms with Gasteiger partial charge in [-0.05, 0) is 18.6 Å². The first-order valence-corrected chi connectivity index (χ1v) is 8.59. The third kappa shape index (κ3) is 4.26. The Morgan fingerprint density at radius 1 is 1.48 bits per heavy atom. The molecule has 0 aliphatic heterocycles. The fraction of sp³-hybridized carbons (Fsp3) is 0.316. The predicted molar refractivity (Wildman–Crippen MR) is 103 cm³/mol. The Bertz CT molecular complexity index is 832. The highest BCUT2D eigenvalue weighted by molar-refractivity contribution is 6.33. The number of aromatic nitrogens is 2. The average Bonchev–Trinajstić information content (AvgIpc) is 2.62. The number of rotatable bonds is 7. The molecule has 2 rings (SSSR count). The molecule has 2 N–H and O–H groups in total. The molecule has 2 unspecified atom stereocenters. The van der Waals surface area contributed by atoms with E-state index in [1.165, 1.54) is 18.6 Å². The Morgan fingerprint density at radius 2 is 2.19 bits per heavy atom. The zero-order valence-electron chi connectivity index (χ0n) is 15.4. The highest BCUT2D eigenvalue weighted by Gasteiger charge is 2.39. The minimum absolute atomic E-state index is 0.0620. The van der Waals surface area contributed by atoms with Gasteiger partial charge in [0.25, 0.3) is 0 Å². The van der Waals surface area contributed by atoms with Gasteiger partial charge in [0.2, 0.25) is 0 Å². The maximum atomic E-state index is 15.2. The van der Waals surface area contributed by atoms with Gasteiger partial charge in [-0.3, -0.25) is 5.73 Å². The molecule has 0 radical (unpaired) electrons. The van der Waals surface area contributed by atoms with Gasteiger partial charge in [-0.1, -0.05) is 30.7 Å². The third-order valence-corrected chi connectivity index (χ3v) is 4.66. The van der Waals surface area contributed by atoms with Gasteiger partial charge < -0.3 is 9.64 Å². The maximum Gasteiger partial charge on any atom is 0.358 e. The maximum absolute atomic E-state index is 15.2. The zero-order chi connectivity index (χ0) is 20.2. The van der Waals surface area contributed by atoms with Gasteiger partial charge in [0.05, 0.1) is 10.7 Å².